The van der Waals surface area contributed by atoms with E-state index in [1.54, 1.807) is 24.3 Å². The average Bonchev–Trinajstić information content (AvgIpc) is 2.04. The molecule has 2 N–H and O–H groups in total. The van der Waals surface area contributed by atoms with Gasteiger partial charge in [0.2, 0.25) is 0 Å². The molecule has 0 spiro atoms. The summed E-state index contributed by atoms with van der Waals surface area (Å²) in [6.07, 6.45) is 1.72. The Morgan fingerprint density at radius 1 is 1.33 bits per heavy atom. The van der Waals surface area contributed by atoms with Crippen LogP contribution in [-0.2, 0) is 0 Å². The third-order valence-electron chi connectivity index (χ3n) is 1.32. The van der Waals surface area contributed by atoms with Crippen LogP contribution in [-0.4, -0.2) is 16.0 Å². The number of hydrogen-bond acceptors (Lipinski definition) is 3. The minimum absolute atomic E-state index is 0.113. The molecule has 0 atom stereocenters. The molecule has 0 aliphatic heterocycles. The molecule has 1 aromatic rings. The van der Waals surface area contributed by atoms with Crippen LogP contribution in [0.25, 0.3) is 0 Å². The lowest BCUT2D eigenvalue weighted by molar-refractivity contribution is 0.428. The topological polar surface area (TPSA) is 40.5 Å². The molecule has 0 radical (unpaired) electrons. The summed E-state index contributed by atoms with van der Waals surface area (Å²) < 4.78 is 0. The largest absolute Gasteiger partial charge is 0.507 e. The van der Waals surface area contributed by atoms with Crippen LogP contribution in [0.15, 0.2) is 35.7 Å². The first-order chi connectivity index (χ1) is 5.75. The highest BCUT2D eigenvalue weighted by Gasteiger charge is 2.05. The van der Waals surface area contributed by atoms with Crippen molar-refractivity contribution in [2.75, 3.05) is 5.75 Å². The molecule has 0 unspecified atom stereocenters. The maximum atomic E-state index is 9.30. The lowest BCUT2D eigenvalue weighted by Gasteiger charge is -2.03. The molecule has 3 heteroatoms. The van der Waals surface area contributed by atoms with E-state index in [9.17, 15) is 10.2 Å². The van der Waals surface area contributed by atoms with Crippen LogP contribution in [0.2, 0.25) is 0 Å². The van der Waals surface area contributed by atoms with E-state index in [1.165, 1.54) is 11.8 Å². The Labute approximate surface area is 75.5 Å². The zero-order valence-corrected chi connectivity index (χ0v) is 7.34. The van der Waals surface area contributed by atoms with Gasteiger partial charge in [-0.05, 0) is 12.1 Å². The summed E-state index contributed by atoms with van der Waals surface area (Å²) >= 11 is 1.36. The summed E-state index contributed by atoms with van der Waals surface area (Å²) in [5.74, 6) is 0.897. The zero-order chi connectivity index (χ0) is 8.97. The molecule has 1 rings (SSSR count). The molecule has 0 fully saturated rings. The van der Waals surface area contributed by atoms with Crippen molar-refractivity contribution in [1.82, 2.24) is 0 Å². The number of benzene rings is 1. The highest BCUT2D eigenvalue weighted by atomic mass is 32.2. The minimum Gasteiger partial charge on any atom is -0.507 e. The van der Waals surface area contributed by atoms with Crippen molar-refractivity contribution in [2.24, 2.45) is 0 Å². The fourth-order valence-electron chi connectivity index (χ4n) is 0.803. The van der Waals surface area contributed by atoms with Crippen molar-refractivity contribution in [3.8, 4) is 11.5 Å². The first-order valence-electron chi connectivity index (χ1n) is 3.50. The zero-order valence-electron chi connectivity index (χ0n) is 6.53. The van der Waals surface area contributed by atoms with Crippen LogP contribution in [0, 0.1) is 0 Å². The SMILES string of the molecule is C=CCSc1c(O)cccc1O. The van der Waals surface area contributed by atoms with Crippen molar-refractivity contribution < 1.29 is 10.2 Å². The fraction of sp³-hybridized carbons (Fsp3) is 0.111. The van der Waals surface area contributed by atoms with Gasteiger partial charge in [-0.2, -0.15) is 0 Å². The number of aromatic hydroxyl groups is 2. The molecule has 0 saturated carbocycles. The van der Waals surface area contributed by atoms with Gasteiger partial charge in [-0.25, -0.2) is 0 Å². The number of rotatable bonds is 3. The van der Waals surface area contributed by atoms with Gasteiger partial charge >= 0.3 is 0 Å². The number of hydrogen-bond donors (Lipinski definition) is 2. The molecule has 0 saturated heterocycles. The molecule has 0 aliphatic carbocycles. The van der Waals surface area contributed by atoms with E-state index in [0.29, 0.717) is 10.6 Å². The highest BCUT2D eigenvalue weighted by Crippen LogP contribution is 2.35. The molecule has 0 aliphatic rings. The van der Waals surface area contributed by atoms with Gasteiger partial charge in [0.25, 0.3) is 0 Å². The number of phenolic OH excluding ortho intramolecular Hbond substituents is 2. The summed E-state index contributed by atoms with van der Waals surface area (Å²) in [5.41, 5.74) is 0. The number of phenols is 2. The van der Waals surface area contributed by atoms with Crippen molar-refractivity contribution in [3.05, 3.63) is 30.9 Å². The molecule has 0 bridgehead atoms. The van der Waals surface area contributed by atoms with Crippen molar-refractivity contribution >= 4 is 11.8 Å². The lowest BCUT2D eigenvalue weighted by atomic mass is 10.3. The molecular formula is C9H10O2S. The normalized spacial score (nSPS) is 9.67. The maximum Gasteiger partial charge on any atom is 0.132 e. The number of thioether (sulfide) groups is 1. The summed E-state index contributed by atoms with van der Waals surface area (Å²) in [5, 5.41) is 18.6. The maximum absolute atomic E-state index is 9.30. The standard InChI is InChI=1S/C9H10O2S/c1-2-6-12-9-7(10)4-3-5-8(9)11/h2-5,10-11H,1,6H2. The van der Waals surface area contributed by atoms with Gasteiger partial charge in [-0.15, -0.1) is 18.3 Å². The van der Waals surface area contributed by atoms with E-state index in [1.807, 2.05) is 0 Å². The summed E-state index contributed by atoms with van der Waals surface area (Å²) in [6, 6.07) is 4.69. The first-order valence-corrected chi connectivity index (χ1v) is 4.49. The Hall–Kier alpha value is -1.09. The van der Waals surface area contributed by atoms with E-state index < -0.39 is 0 Å². The smallest absolute Gasteiger partial charge is 0.132 e. The fourth-order valence-corrected chi connectivity index (χ4v) is 1.52. The Morgan fingerprint density at radius 2 is 1.92 bits per heavy atom. The van der Waals surface area contributed by atoms with Crippen molar-refractivity contribution in [3.63, 3.8) is 0 Å². The van der Waals surface area contributed by atoms with Crippen LogP contribution in [0.4, 0.5) is 0 Å². The van der Waals surface area contributed by atoms with Gasteiger partial charge < -0.3 is 10.2 Å². The average molecular weight is 182 g/mol. The third-order valence-corrected chi connectivity index (χ3v) is 2.43. The molecule has 64 valence electrons. The minimum atomic E-state index is 0.113. The molecule has 0 aromatic heterocycles. The second-order valence-corrected chi connectivity index (χ2v) is 3.26. The van der Waals surface area contributed by atoms with Crippen molar-refractivity contribution in [2.45, 2.75) is 4.90 Å². The van der Waals surface area contributed by atoms with Crippen LogP contribution < -0.4 is 0 Å². The highest BCUT2D eigenvalue weighted by molar-refractivity contribution is 7.99. The molecule has 0 amide bonds. The Morgan fingerprint density at radius 3 is 2.42 bits per heavy atom. The van der Waals surface area contributed by atoms with E-state index >= 15 is 0 Å². The van der Waals surface area contributed by atoms with E-state index in [4.69, 9.17) is 0 Å². The molecule has 0 heterocycles. The van der Waals surface area contributed by atoms with Crippen LogP contribution in [0.1, 0.15) is 0 Å². The van der Waals surface area contributed by atoms with E-state index in [0.717, 1.165) is 0 Å². The van der Waals surface area contributed by atoms with Gasteiger partial charge in [-0.1, -0.05) is 12.1 Å². The van der Waals surface area contributed by atoms with Gasteiger partial charge in [0.1, 0.15) is 11.5 Å². The van der Waals surface area contributed by atoms with Crippen LogP contribution in [0.5, 0.6) is 11.5 Å². The van der Waals surface area contributed by atoms with Gasteiger partial charge in [0.15, 0.2) is 0 Å². The summed E-state index contributed by atoms with van der Waals surface area (Å²) in [6.45, 7) is 3.55. The van der Waals surface area contributed by atoms with Crippen LogP contribution in [0.3, 0.4) is 0 Å². The Balaban J connectivity index is 2.88. The van der Waals surface area contributed by atoms with E-state index in [-0.39, 0.29) is 11.5 Å². The predicted octanol–water partition coefficient (Wildman–Crippen LogP) is 2.38. The van der Waals surface area contributed by atoms with Crippen LogP contribution >= 0.6 is 11.8 Å². The summed E-state index contributed by atoms with van der Waals surface area (Å²) in [7, 11) is 0. The van der Waals surface area contributed by atoms with Gasteiger partial charge in [-0.3, -0.25) is 0 Å². The molecule has 12 heavy (non-hydrogen) atoms. The molecular weight excluding hydrogens is 172 g/mol. The quantitative estimate of drug-likeness (QED) is 0.557. The van der Waals surface area contributed by atoms with Gasteiger partial charge in [0, 0.05) is 5.75 Å². The van der Waals surface area contributed by atoms with E-state index in [2.05, 4.69) is 6.58 Å². The molecule has 1 aromatic carbocycles. The second kappa shape index (κ2) is 4.07. The van der Waals surface area contributed by atoms with Crippen molar-refractivity contribution in [1.29, 1.82) is 0 Å². The third kappa shape index (κ3) is 1.95. The lowest BCUT2D eigenvalue weighted by Crippen LogP contribution is -1.76. The monoisotopic (exact) mass is 182 g/mol. The Kier molecular flexibility index (Phi) is 3.05. The summed E-state index contributed by atoms with van der Waals surface area (Å²) in [4.78, 5) is 0.511. The first kappa shape index (κ1) is 9.00. The Bertz CT molecular complexity index is 264. The van der Waals surface area contributed by atoms with Gasteiger partial charge in [0.05, 0.1) is 4.90 Å². The molecule has 2 nitrogen and oxygen atoms in total. The predicted molar refractivity (Wildman–Crippen MR) is 50.7 cm³/mol. The second-order valence-electron chi connectivity index (χ2n) is 2.23.